The molecule has 0 aromatic carbocycles. The molecule has 1 saturated heterocycles. The van der Waals surface area contributed by atoms with Crippen LogP contribution in [0.3, 0.4) is 0 Å². The summed E-state index contributed by atoms with van der Waals surface area (Å²) in [6.07, 6.45) is 4.62. The van der Waals surface area contributed by atoms with E-state index >= 15 is 0 Å². The van der Waals surface area contributed by atoms with Crippen LogP contribution >= 0.6 is 0 Å². The summed E-state index contributed by atoms with van der Waals surface area (Å²) in [5, 5.41) is 10.6. The van der Waals surface area contributed by atoms with E-state index in [1.54, 1.807) is 6.20 Å². The first-order valence-corrected chi connectivity index (χ1v) is 4.82. The summed E-state index contributed by atoms with van der Waals surface area (Å²) in [5.41, 5.74) is 1.23. The van der Waals surface area contributed by atoms with Gasteiger partial charge in [-0.25, -0.2) is 0 Å². The Morgan fingerprint density at radius 3 is 3.14 bits per heavy atom. The molecule has 2 heterocycles. The molecule has 0 saturated carbocycles. The topological polar surface area (TPSA) is 52.0 Å². The van der Waals surface area contributed by atoms with Crippen LogP contribution in [-0.2, 0) is 6.42 Å². The Hall–Kier alpha value is -1.58. The lowest BCUT2D eigenvalue weighted by Crippen LogP contribution is -2.30. The van der Waals surface area contributed by atoms with Gasteiger partial charge in [-0.15, -0.1) is 0 Å². The van der Waals surface area contributed by atoms with Crippen molar-refractivity contribution >= 4 is 5.96 Å². The van der Waals surface area contributed by atoms with Gasteiger partial charge >= 0.3 is 0 Å². The van der Waals surface area contributed by atoms with Crippen molar-refractivity contribution in [3.05, 3.63) is 30.1 Å². The van der Waals surface area contributed by atoms with E-state index in [0.717, 1.165) is 26.1 Å². The number of pyridine rings is 1. The third-order valence-electron chi connectivity index (χ3n) is 2.38. The van der Waals surface area contributed by atoms with Crippen LogP contribution in [0.4, 0.5) is 0 Å². The normalized spacial score (nSPS) is 15.7. The van der Waals surface area contributed by atoms with E-state index in [9.17, 15) is 0 Å². The molecule has 1 aromatic heterocycles. The van der Waals surface area contributed by atoms with Crippen LogP contribution in [0.2, 0.25) is 0 Å². The van der Waals surface area contributed by atoms with Crippen molar-refractivity contribution in [2.75, 3.05) is 19.6 Å². The largest absolute Gasteiger partial charge is 0.355 e. The number of nitrogens with zero attached hydrogens (tertiary/aromatic N) is 2. The summed E-state index contributed by atoms with van der Waals surface area (Å²) in [4.78, 5) is 6.11. The molecule has 1 aromatic rings. The van der Waals surface area contributed by atoms with Gasteiger partial charge < -0.3 is 10.2 Å². The molecule has 1 fully saturated rings. The predicted octanol–water partition coefficient (Wildman–Crippen LogP) is 0.464. The highest BCUT2D eigenvalue weighted by Crippen LogP contribution is 2.01. The molecule has 1 aliphatic rings. The molecule has 1 aliphatic heterocycles. The van der Waals surface area contributed by atoms with Crippen LogP contribution in [0.5, 0.6) is 0 Å². The van der Waals surface area contributed by atoms with Crippen LogP contribution in [0.1, 0.15) is 5.56 Å². The molecule has 2 N–H and O–H groups in total. The first-order valence-electron chi connectivity index (χ1n) is 4.82. The van der Waals surface area contributed by atoms with E-state index in [1.165, 1.54) is 5.56 Å². The molecule has 0 aliphatic carbocycles. The lowest BCUT2D eigenvalue weighted by atomic mass is 10.2. The van der Waals surface area contributed by atoms with Crippen LogP contribution in [-0.4, -0.2) is 35.5 Å². The number of hydrogen-bond acceptors (Lipinski definition) is 2. The minimum absolute atomic E-state index is 0.550. The van der Waals surface area contributed by atoms with Crippen molar-refractivity contribution < 1.29 is 0 Å². The molecular formula is C10H14N4. The maximum atomic E-state index is 7.57. The highest BCUT2D eigenvalue weighted by Gasteiger charge is 2.14. The van der Waals surface area contributed by atoms with Crippen molar-refractivity contribution in [2.45, 2.75) is 6.42 Å². The Balaban J connectivity index is 1.85. The minimum Gasteiger partial charge on any atom is -0.355 e. The van der Waals surface area contributed by atoms with Gasteiger partial charge in [0.15, 0.2) is 5.96 Å². The fraction of sp³-hybridized carbons (Fsp3) is 0.400. The number of rotatable bonds is 3. The monoisotopic (exact) mass is 190 g/mol. The molecule has 74 valence electrons. The third kappa shape index (κ3) is 2.02. The van der Waals surface area contributed by atoms with E-state index in [2.05, 4.69) is 16.4 Å². The van der Waals surface area contributed by atoms with Crippen molar-refractivity contribution in [1.29, 1.82) is 5.41 Å². The summed E-state index contributed by atoms with van der Waals surface area (Å²) in [6, 6.07) is 4.02. The van der Waals surface area contributed by atoms with Crippen LogP contribution < -0.4 is 5.32 Å². The Bertz CT molecular complexity index is 309. The molecule has 4 nitrogen and oxygen atoms in total. The number of guanidine groups is 1. The van der Waals surface area contributed by atoms with Gasteiger partial charge in [0.05, 0.1) is 0 Å². The lowest BCUT2D eigenvalue weighted by molar-refractivity contribution is 0.463. The first kappa shape index (κ1) is 8.99. The van der Waals surface area contributed by atoms with Crippen LogP contribution in [0, 0.1) is 5.41 Å². The highest BCUT2D eigenvalue weighted by molar-refractivity contribution is 5.78. The van der Waals surface area contributed by atoms with E-state index in [0.29, 0.717) is 5.96 Å². The van der Waals surface area contributed by atoms with Gasteiger partial charge in [-0.2, -0.15) is 0 Å². The van der Waals surface area contributed by atoms with Gasteiger partial charge in [-0.05, 0) is 18.1 Å². The van der Waals surface area contributed by atoms with Gasteiger partial charge in [0, 0.05) is 32.0 Å². The van der Waals surface area contributed by atoms with Crippen molar-refractivity contribution in [3.63, 3.8) is 0 Å². The van der Waals surface area contributed by atoms with Gasteiger partial charge in [0.1, 0.15) is 0 Å². The summed E-state index contributed by atoms with van der Waals surface area (Å²) >= 11 is 0. The molecule has 14 heavy (non-hydrogen) atoms. The standard InChI is InChI=1S/C10H14N4/c11-10-13-5-7-14(10)6-3-9-2-1-4-12-8-9/h1-2,4,8H,3,5-7H2,(H2,11,13). The zero-order valence-electron chi connectivity index (χ0n) is 8.03. The van der Waals surface area contributed by atoms with Gasteiger partial charge in [-0.3, -0.25) is 10.4 Å². The molecule has 0 amide bonds. The first-order chi connectivity index (χ1) is 6.86. The molecule has 0 spiro atoms. The summed E-state index contributed by atoms with van der Waals surface area (Å²) in [7, 11) is 0. The Morgan fingerprint density at radius 1 is 1.57 bits per heavy atom. The smallest absolute Gasteiger partial charge is 0.191 e. The summed E-state index contributed by atoms with van der Waals surface area (Å²) in [6.45, 7) is 2.74. The lowest BCUT2D eigenvalue weighted by Gasteiger charge is -2.15. The summed E-state index contributed by atoms with van der Waals surface area (Å²) < 4.78 is 0. The molecule has 0 radical (unpaired) electrons. The second kappa shape index (κ2) is 4.09. The Labute approximate surface area is 83.5 Å². The molecule has 0 atom stereocenters. The zero-order chi connectivity index (χ0) is 9.80. The van der Waals surface area contributed by atoms with E-state index in [4.69, 9.17) is 5.41 Å². The Kier molecular flexibility index (Phi) is 2.62. The number of nitrogens with one attached hydrogen (secondary N) is 2. The molecule has 4 heteroatoms. The maximum Gasteiger partial charge on any atom is 0.191 e. The van der Waals surface area contributed by atoms with Gasteiger partial charge in [0.25, 0.3) is 0 Å². The Morgan fingerprint density at radius 2 is 2.50 bits per heavy atom. The third-order valence-corrected chi connectivity index (χ3v) is 2.38. The fourth-order valence-corrected chi connectivity index (χ4v) is 1.57. The fourth-order valence-electron chi connectivity index (χ4n) is 1.57. The van der Waals surface area contributed by atoms with Crippen molar-refractivity contribution in [1.82, 2.24) is 15.2 Å². The number of hydrogen-bond donors (Lipinski definition) is 2. The maximum absolute atomic E-state index is 7.57. The van der Waals surface area contributed by atoms with Crippen molar-refractivity contribution in [3.8, 4) is 0 Å². The molecule has 2 rings (SSSR count). The van der Waals surface area contributed by atoms with Crippen LogP contribution in [0.25, 0.3) is 0 Å². The zero-order valence-corrected chi connectivity index (χ0v) is 8.03. The SMILES string of the molecule is N=C1NCCN1CCc1cccnc1. The molecule has 0 unspecified atom stereocenters. The average Bonchev–Trinajstić information content (AvgIpc) is 2.63. The second-order valence-electron chi connectivity index (χ2n) is 3.37. The minimum atomic E-state index is 0.550. The molecular weight excluding hydrogens is 176 g/mol. The number of aromatic nitrogens is 1. The van der Waals surface area contributed by atoms with Gasteiger partial charge in [0.2, 0.25) is 0 Å². The second-order valence-corrected chi connectivity index (χ2v) is 3.37. The van der Waals surface area contributed by atoms with E-state index in [-0.39, 0.29) is 0 Å². The highest BCUT2D eigenvalue weighted by atomic mass is 15.3. The van der Waals surface area contributed by atoms with E-state index < -0.39 is 0 Å². The van der Waals surface area contributed by atoms with Gasteiger partial charge in [-0.1, -0.05) is 6.07 Å². The van der Waals surface area contributed by atoms with E-state index in [1.807, 2.05) is 17.2 Å². The predicted molar refractivity (Wildman–Crippen MR) is 55.2 cm³/mol. The van der Waals surface area contributed by atoms with Crippen LogP contribution in [0.15, 0.2) is 24.5 Å². The van der Waals surface area contributed by atoms with Crippen molar-refractivity contribution in [2.24, 2.45) is 0 Å². The average molecular weight is 190 g/mol. The quantitative estimate of drug-likeness (QED) is 0.728. The molecule has 0 bridgehead atoms. The summed E-state index contributed by atoms with van der Waals surface area (Å²) in [5.74, 6) is 0.550.